The molecule has 0 atom stereocenters. The van der Waals surface area contributed by atoms with Crippen molar-refractivity contribution < 1.29 is 4.79 Å². The van der Waals surface area contributed by atoms with E-state index in [9.17, 15) is 4.79 Å². The molecule has 0 saturated heterocycles. The lowest BCUT2D eigenvalue weighted by molar-refractivity contribution is 0.101. The Kier molecular flexibility index (Phi) is 3.72. The molecule has 2 nitrogen and oxygen atoms in total. The highest BCUT2D eigenvalue weighted by Crippen LogP contribution is 2.32. The summed E-state index contributed by atoms with van der Waals surface area (Å²) in [5, 5.41) is 0.559. The Balaban J connectivity index is 2.19. The minimum absolute atomic E-state index is 0.0202. The SMILES string of the molecule is CCN(CC1CC1)c1ccc(C(C)=O)c(Cl)c1. The van der Waals surface area contributed by atoms with Crippen molar-refractivity contribution in [2.24, 2.45) is 5.92 Å². The van der Waals surface area contributed by atoms with E-state index < -0.39 is 0 Å². The van der Waals surface area contributed by atoms with Gasteiger partial charge in [0.25, 0.3) is 0 Å². The summed E-state index contributed by atoms with van der Waals surface area (Å²) in [7, 11) is 0. The van der Waals surface area contributed by atoms with Gasteiger partial charge >= 0.3 is 0 Å². The summed E-state index contributed by atoms with van der Waals surface area (Å²) < 4.78 is 0. The summed E-state index contributed by atoms with van der Waals surface area (Å²) in [4.78, 5) is 13.6. The Morgan fingerprint density at radius 2 is 2.18 bits per heavy atom. The van der Waals surface area contributed by atoms with E-state index in [2.05, 4.69) is 11.8 Å². The molecule has 0 spiro atoms. The van der Waals surface area contributed by atoms with Crippen LogP contribution in [0.25, 0.3) is 0 Å². The molecule has 1 aromatic carbocycles. The molecule has 0 aliphatic heterocycles. The molecule has 17 heavy (non-hydrogen) atoms. The van der Waals surface area contributed by atoms with Crippen LogP contribution in [0, 0.1) is 5.92 Å². The summed E-state index contributed by atoms with van der Waals surface area (Å²) in [6, 6.07) is 5.73. The summed E-state index contributed by atoms with van der Waals surface area (Å²) in [5.41, 5.74) is 1.73. The van der Waals surface area contributed by atoms with Gasteiger partial charge in [0.2, 0.25) is 0 Å². The number of rotatable bonds is 5. The van der Waals surface area contributed by atoms with Crippen LogP contribution in [-0.4, -0.2) is 18.9 Å². The van der Waals surface area contributed by atoms with Gasteiger partial charge in [0, 0.05) is 24.3 Å². The van der Waals surface area contributed by atoms with Gasteiger partial charge in [-0.15, -0.1) is 0 Å². The molecule has 0 heterocycles. The first kappa shape index (κ1) is 12.4. The second-order valence-electron chi connectivity index (χ2n) is 4.70. The van der Waals surface area contributed by atoms with E-state index >= 15 is 0 Å². The molecule has 0 bridgehead atoms. The van der Waals surface area contributed by atoms with E-state index in [0.717, 1.165) is 24.7 Å². The van der Waals surface area contributed by atoms with E-state index in [4.69, 9.17) is 11.6 Å². The van der Waals surface area contributed by atoms with Gasteiger partial charge < -0.3 is 4.90 Å². The average molecular weight is 252 g/mol. The lowest BCUT2D eigenvalue weighted by Crippen LogP contribution is -2.25. The van der Waals surface area contributed by atoms with Gasteiger partial charge in [0.05, 0.1) is 5.02 Å². The van der Waals surface area contributed by atoms with Crippen molar-refractivity contribution in [2.75, 3.05) is 18.0 Å². The fourth-order valence-corrected chi connectivity index (χ4v) is 2.32. The molecule has 92 valence electrons. The molecule has 1 aromatic rings. The molecule has 0 unspecified atom stereocenters. The molecule has 0 radical (unpaired) electrons. The maximum atomic E-state index is 11.3. The molecule has 1 aliphatic rings. The van der Waals surface area contributed by atoms with Crippen LogP contribution in [0.5, 0.6) is 0 Å². The summed E-state index contributed by atoms with van der Waals surface area (Å²) >= 11 is 6.13. The molecule has 1 saturated carbocycles. The van der Waals surface area contributed by atoms with Crippen LogP contribution < -0.4 is 4.90 Å². The van der Waals surface area contributed by atoms with E-state index in [-0.39, 0.29) is 5.78 Å². The number of hydrogen-bond acceptors (Lipinski definition) is 2. The van der Waals surface area contributed by atoms with Gasteiger partial charge in [-0.05, 0) is 50.8 Å². The van der Waals surface area contributed by atoms with Crippen LogP contribution >= 0.6 is 11.6 Å². The maximum absolute atomic E-state index is 11.3. The van der Waals surface area contributed by atoms with Crippen molar-refractivity contribution in [1.82, 2.24) is 0 Å². The van der Waals surface area contributed by atoms with Gasteiger partial charge in [0.1, 0.15) is 0 Å². The Labute approximate surface area is 108 Å². The maximum Gasteiger partial charge on any atom is 0.161 e. The minimum Gasteiger partial charge on any atom is -0.371 e. The van der Waals surface area contributed by atoms with Crippen molar-refractivity contribution in [3.63, 3.8) is 0 Å². The quantitative estimate of drug-likeness (QED) is 0.743. The zero-order valence-corrected chi connectivity index (χ0v) is 11.1. The molecule has 0 aromatic heterocycles. The highest BCUT2D eigenvalue weighted by Gasteiger charge is 2.24. The van der Waals surface area contributed by atoms with Gasteiger partial charge in [-0.2, -0.15) is 0 Å². The normalized spacial score (nSPS) is 14.8. The van der Waals surface area contributed by atoms with Crippen molar-refractivity contribution in [2.45, 2.75) is 26.7 Å². The third-order valence-corrected chi connectivity index (χ3v) is 3.57. The number of Topliss-reactive ketones (excluding diaryl/α,β-unsaturated/α-hetero) is 1. The number of halogens is 1. The number of benzene rings is 1. The van der Waals surface area contributed by atoms with Gasteiger partial charge in [-0.3, -0.25) is 4.79 Å². The number of carbonyl (C=O) groups excluding carboxylic acids is 1. The van der Waals surface area contributed by atoms with Crippen molar-refractivity contribution >= 4 is 23.1 Å². The van der Waals surface area contributed by atoms with E-state index in [0.29, 0.717) is 10.6 Å². The Morgan fingerprint density at radius 3 is 2.65 bits per heavy atom. The van der Waals surface area contributed by atoms with Gasteiger partial charge in [-0.1, -0.05) is 11.6 Å². The lowest BCUT2D eigenvalue weighted by atomic mass is 10.1. The van der Waals surface area contributed by atoms with Crippen LogP contribution in [0.2, 0.25) is 5.02 Å². The monoisotopic (exact) mass is 251 g/mol. The van der Waals surface area contributed by atoms with E-state index in [1.807, 2.05) is 18.2 Å². The molecule has 3 heteroatoms. The predicted molar refractivity (Wildman–Crippen MR) is 72.1 cm³/mol. The summed E-state index contributed by atoms with van der Waals surface area (Å²) in [5.74, 6) is 0.869. The molecular formula is C14H18ClNO. The zero-order valence-electron chi connectivity index (χ0n) is 10.4. The third-order valence-electron chi connectivity index (χ3n) is 3.25. The van der Waals surface area contributed by atoms with Crippen LogP contribution in [0.15, 0.2) is 18.2 Å². The van der Waals surface area contributed by atoms with Crippen molar-refractivity contribution in [3.8, 4) is 0 Å². The fraction of sp³-hybridized carbons (Fsp3) is 0.500. The summed E-state index contributed by atoms with van der Waals surface area (Å²) in [6.45, 7) is 5.77. The zero-order chi connectivity index (χ0) is 12.4. The molecule has 1 aliphatic carbocycles. The summed E-state index contributed by atoms with van der Waals surface area (Å²) in [6.07, 6.45) is 2.69. The molecular weight excluding hydrogens is 234 g/mol. The fourth-order valence-electron chi connectivity index (χ4n) is 2.02. The lowest BCUT2D eigenvalue weighted by Gasteiger charge is -2.23. The largest absolute Gasteiger partial charge is 0.371 e. The smallest absolute Gasteiger partial charge is 0.161 e. The first-order chi connectivity index (χ1) is 8.11. The van der Waals surface area contributed by atoms with Crippen molar-refractivity contribution in [1.29, 1.82) is 0 Å². The number of hydrogen-bond donors (Lipinski definition) is 0. The molecule has 0 amide bonds. The second-order valence-corrected chi connectivity index (χ2v) is 5.11. The predicted octanol–water partition coefficient (Wildman–Crippen LogP) is 3.78. The first-order valence-electron chi connectivity index (χ1n) is 6.17. The second kappa shape index (κ2) is 5.09. The minimum atomic E-state index is 0.0202. The highest BCUT2D eigenvalue weighted by molar-refractivity contribution is 6.34. The third kappa shape index (κ3) is 3.01. The van der Waals surface area contributed by atoms with Gasteiger partial charge in [0.15, 0.2) is 5.78 Å². The molecule has 0 N–H and O–H groups in total. The Morgan fingerprint density at radius 1 is 1.47 bits per heavy atom. The van der Waals surface area contributed by atoms with Crippen LogP contribution in [0.1, 0.15) is 37.0 Å². The highest BCUT2D eigenvalue weighted by atomic mass is 35.5. The number of nitrogens with zero attached hydrogens (tertiary/aromatic N) is 1. The average Bonchev–Trinajstić information content (AvgIpc) is 3.09. The van der Waals surface area contributed by atoms with E-state index in [1.54, 1.807) is 6.92 Å². The standard InChI is InChI=1S/C14H18ClNO/c1-3-16(9-11-4-5-11)12-6-7-13(10(2)17)14(15)8-12/h6-8,11H,3-5,9H2,1-2H3. The number of anilines is 1. The molecule has 1 fully saturated rings. The Hall–Kier alpha value is -1.02. The van der Waals surface area contributed by atoms with Crippen LogP contribution in [0.4, 0.5) is 5.69 Å². The van der Waals surface area contributed by atoms with Crippen LogP contribution in [-0.2, 0) is 0 Å². The van der Waals surface area contributed by atoms with Crippen molar-refractivity contribution in [3.05, 3.63) is 28.8 Å². The first-order valence-corrected chi connectivity index (χ1v) is 6.55. The van der Waals surface area contributed by atoms with Crippen LogP contribution in [0.3, 0.4) is 0 Å². The number of carbonyl (C=O) groups is 1. The van der Waals surface area contributed by atoms with E-state index in [1.165, 1.54) is 12.8 Å². The van der Waals surface area contributed by atoms with Gasteiger partial charge in [-0.25, -0.2) is 0 Å². The Bertz CT molecular complexity index is 426. The number of ketones is 1. The topological polar surface area (TPSA) is 20.3 Å². The molecule has 2 rings (SSSR count).